The van der Waals surface area contributed by atoms with E-state index in [2.05, 4.69) is 10.2 Å². The van der Waals surface area contributed by atoms with E-state index in [1.807, 2.05) is 24.3 Å². The molecule has 2 aromatic rings. The lowest BCUT2D eigenvalue weighted by Crippen LogP contribution is -1.95. The van der Waals surface area contributed by atoms with Gasteiger partial charge in [-0.25, -0.2) is 0 Å². The van der Waals surface area contributed by atoms with E-state index < -0.39 is 0 Å². The molecular formula is C9H10N4O. The van der Waals surface area contributed by atoms with Crippen LogP contribution in [0.4, 0.5) is 6.01 Å². The van der Waals surface area contributed by atoms with Crippen LogP contribution in [0, 0.1) is 0 Å². The first-order chi connectivity index (χ1) is 6.79. The van der Waals surface area contributed by atoms with Crippen LogP contribution in [0.5, 0.6) is 0 Å². The predicted molar refractivity (Wildman–Crippen MR) is 52.0 cm³/mol. The Kier molecular flexibility index (Phi) is 2.16. The SMILES string of the molecule is NCc1ccc(-c2nnc(N)o2)cc1. The molecule has 1 aromatic carbocycles. The lowest BCUT2D eigenvalue weighted by Gasteiger charge is -1.97. The van der Waals surface area contributed by atoms with Crippen LogP contribution in [0.2, 0.25) is 0 Å². The van der Waals surface area contributed by atoms with Crippen molar-refractivity contribution in [2.75, 3.05) is 5.73 Å². The molecule has 0 unspecified atom stereocenters. The van der Waals surface area contributed by atoms with Gasteiger partial charge in [0.1, 0.15) is 0 Å². The molecular weight excluding hydrogens is 180 g/mol. The highest BCUT2D eigenvalue weighted by atomic mass is 16.4. The van der Waals surface area contributed by atoms with Crippen molar-refractivity contribution in [3.05, 3.63) is 29.8 Å². The van der Waals surface area contributed by atoms with Gasteiger partial charge in [-0.1, -0.05) is 17.2 Å². The Labute approximate surface area is 80.7 Å². The van der Waals surface area contributed by atoms with E-state index in [-0.39, 0.29) is 6.01 Å². The summed E-state index contributed by atoms with van der Waals surface area (Å²) in [5.41, 5.74) is 12.7. The Morgan fingerprint density at radius 1 is 1.14 bits per heavy atom. The average Bonchev–Trinajstić information content (AvgIpc) is 2.65. The molecule has 5 nitrogen and oxygen atoms in total. The van der Waals surface area contributed by atoms with Crippen LogP contribution < -0.4 is 11.5 Å². The maximum Gasteiger partial charge on any atom is 0.313 e. The van der Waals surface area contributed by atoms with E-state index in [1.54, 1.807) is 0 Å². The van der Waals surface area contributed by atoms with Crippen molar-refractivity contribution < 1.29 is 4.42 Å². The minimum atomic E-state index is 0.0721. The molecule has 0 amide bonds. The van der Waals surface area contributed by atoms with E-state index in [0.29, 0.717) is 12.4 Å². The van der Waals surface area contributed by atoms with Gasteiger partial charge >= 0.3 is 6.01 Å². The van der Waals surface area contributed by atoms with Crippen molar-refractivity contribution >= 4 is 6.01 Å². The van der Waals surface area contributed by atoms with Crippen molar-refractivity contribution in [2.45, 2.75) is 6.54 Å². The monoisotopic (exact) mass is 190 g/mol. The Morgan fingerprint density at radius 2 is 1.86 bits per heavy atom. The zero-order valence-electron chi connectivity index (χ0n) is 7.47. The molecule has 1 aromatic heterocycles. The molecule has 0 saturated heterocycles. The molecule has 0 aliphatic heterocycles. The normalized spacial score (nSPS) is 10.4. The van der Waals surface area contributed by atoms with Crippen LogP contribution in [-0.2, 0) is 6.54 Å². The number of nitrogens with zero attached hydrogens (tertiary/aromatic N) is 2. The third-order valence-electron chi connectivity index (χ3n) is 1.88. The molecule has 4 N–H and O–H groups in total. The van der Waals surface area contributed by atoms with Gasteiger partial charge in [-0.05, 0) is 17.7 Å². The average molecular weight is 190 g/mol. The van der Waals surface area contributed by atoms with Crippen LogP contribution >= 0.6 is 0 Å². The predicted octanol–water partition coefficient (Wildman–Crippen LogP) is 0.778. The Bertz CT molecular complexity index is 421. The lowest BCUT2D eigenvalue weighted by atomic mass is 10.1. The van der Waals surface area contributed by atoms with Crippen molar-refractivity contribution in [3.8, 4) is 11.5 Å². The standard InChI is InChI=1S/C9H10N4O/c10-5-6-1-3-7(4-2-6)8-12-13-9(11)14-8/h1-4H,5,10H2,(H2,11,13). The van der Waals surface area contributed by atoms with Crippen LogP contribution in [0.15, 0.2) is 28.7 Å². The molecule has 0 saturated carbocycles. The molecule has 14 heavy (non-hydrogen) atoms. The first kappa shape index (κ1) is 8.71. The van der Waals surface area contributed by atoms with Gasteiger partial charge in [-0.15, -0.1) is 5.10 Å². The number of hydrogen-bond donors (Lipinski definition) is 2. The van der Waals surface area contributed by atoms with Crippen LogP contribution in [0.25, 0.3) is 11.5 Å². The van der Waals surface area contributed by atoms with Gasteiger partial charge in [-0.3, -0.25) is 0 Å². The Balaban J connectivity index is 2.33. The molecule has 0 spiro atoms. The molecule has 0 aliphatic carbocycles. The molecule has 1 heterocycles. The van der Waals surface area contributed by atoms with Gasteiger partial charge in [0.05, 0.1) is 0 Å². The molecule has 0 radical (unpaired) electrons. The van der Waals surface area contributed by atoms with Crippen molar-refractivity contribution in [2.24, 2.45) is 5.73 Å². The van der Waals surface area contributed by atoms with Gasteiger partial charge in [-0.2, -0.15) is 0 Å². The Morgan fingerprint density at radius 3 is 2.36 bits per heavy atom. The van der Waals surface area contributed by atoms with Crippen molar-refractivity contribution in [3.63, 3.8) is 0 Å². The van der Waals surface area contributed by atoms with Gasteiger partial charge < -0.3 is 15.9 Å². The smallest absolute Gasteiger partial charge is 0.313 e. The molecule has 0 bridgehead atoms. The minimum Gasteiger partial charge on any atom is -0.404 e. The summed E-state index contributed by atoms with van der Waals surface area (Å²) in [4.78, 5) is 0. The summed E-state index contributed by atoms with van der Waals surface area (Å²) in [5.74, 6) is 0.422. The van der Waals surface area contributed by atoms with Crippen LogP contribution in [-0.4, -0.2) is 10.2 Å². The number of aromatic nitrogens is 2. The fourth-order valence-electron chi connectivity index (χ4n) is 1.13. The fourth-order valence-corrected chi connectivity index (χ4v) is 1.13. The summed E-state index contributed by atoms with van der Waals surface area (Å²) in [6.07, 6.45) is 0. The number of hydrogen-bond acceptors (Lipinski definition) is 5. The summed E-state index contributed by atoms with van der Waals surface area (Å²) in [7, 11) is 0. The molecule has 5 heteroatoms. The van der Waals surface area contributed by atoms with Crippen molar-refractivity contribution in [1.29, 1.82) is 0 Å². The quantitative estimate of drug-likeness (QED) is 0.730. The Hall–Kier alpha value is -1.88. The van der Waals surface area contributed by atoms with E-state index in [9.17, 15) is 0 Å². The van der Waals surface area contributed by atoms with Crippen LogP contribution in [0.1, 0.15) is 5.56 Å². The van der Waals surface area contributed by atoms with Crippen LogP contribution in [0.3, 0.4) is 0 Å². The number of benzene rings is 1. The summed E-state index contributed by atoms with van der Waals surface area (Å²) in [6.45, 7) is 0.520. The van der Waals surface area contributed by atoms with Crippen molar-refractivity contribution in [1.82, 2.24) is 10.2 Å². The maximum atomic E-state index is 5.47. The largest absolute Gasteiger partial charge is 0.404 e. The molecule has 0 fully saturated rings. The molecule has 0 atom stereocenters. The van der Waals surface area contributed by atoms with E-state index in [1.165, 1.54) is 0 Å². The van der Waals surface area contributed by atoms with E-state index >= 15 is 0 Å². The van der Waals surface area contributed by atoms with Gasteiger partial charge in [0.15, 0.2) is 0 Å². The highest BCUT2D eigenvalue weighted by Crippen LogP contribution is 2.18. The third kappa shape index (κ3) is 1.57. The summed E-state index contributed by atoms with van der Waals surface area (Å²) in [5, 5.41) is 7.34. The molecule has 0 aliphatic rings. The zero-order valence-corrected chi connectivity index (χ0v) is 7.47. The second kappa shape index (κ2) is 3.47. The van der Waals surface area contributed by atoms with E-state index in [0.717, 1.165) is 11.1 Å². The summed E-state index contributed by atoms with van der Waals surface area (Å²) < 4.78 is 5.07. The first-order valence-corrected chi connectivity index (χ1v) is 4.18. The lowest BCUT2D eigenvalue weighted by molar-refractivity contribution is 0.590. The fraction of sp³-hybridized carbons (Fsp3) is 0.111. The highest BCUT2D eigenvalue weighted by Gasteiger charge is 2.04. The van der Waals surface area contributed by atoms with Gasteiger partial charge in [0.25, 0.3) is 0 Å². The second-order valence-electron chi connectivity index (χ2n) is 2.85. The summed E-state index contributed by atoms with van der Waals surface area (Å²) >= 11 is 0. The number of anilines is 1. The highest BCUT2D eigenvalue weighted by molar-refractivity contribution is 5.53. The number of rotatable bonds is 2. The molecule has 72 valence electrons. The number of nitrogen functional groups attached to an aromatic ring is 1. The van der Waals surface area contributed by atoms with Gasteiger partial charge in [0, 0.05) is 12.1 Å². The molecule has 2 rings (SSSR count). The topological polar surface area (TPSA) is 91.0 Å². The third-order valence-corrected chi connectivity index (χ3v) is 1.88. The number of nitrogens with two attached hydrogens (primary N) is 2. The first-order valence-electron chi connectivity index (χ1n) is 4.18. The van der Waals surface area contributed by atoms with Gasteiger partial charge in [0.2, 0.25) is 5.89 Å². The minimum absolute atomic E-state index is 0.0721. The zero-order chi connectivity index (χ0) is 9.97. The summed E-state index contributed by atoms with van der Waals surface area (Å²) in [6, 6.07) is 7.64. The maximum absolute atomic E-state index is 5.47. The second-order valence-corrected chi connectivity index (χ2v) is 2.85. The van der Waals surface area contributed by atoms with E-state index in [4.69, 9.17) is 15.9 Å².